The number of imide groups is 1. The minimum absolute atomic E-state index is 0.00527. The number of carbonyl (C=O) groups is 4. The molecular formula is C27H33Cl2N3O4. The summed E-state index contributed by atoms with van der Waals surface area (Å²) in [5.74, 6) is -1.62. The molecule has 1 heterocycles. The fourth-order valence-electron chi connectivity index (χ4n) is 5.43. The van der Waals surface area contributed by atoms with Crippen LogP contribution >= 0.6 is 23.2 Å². The van der Waals surface area contributed by atoms with Crippen molar-refractivity contribution in [2.45, 2.75) is 76.9 Å². The Morgan fingerprint density at radius 2 is 1.69 bits per heavy atom. The lowest BCUT2D eigenvalue weighted by molar-refractivity contribution is -0.144. The van der Waals surface area contributed by atoms with Crippen molar-refractivity contribution in [3.8, 4) is 0 Å². The van der Waals surface area contributed by atoms with Gasteiger partial charge in [0.15, 0.2) is 0 Å². The highest BCUT2D eigenvalue weighted by atomic mass is 35.5. The lowest BCUT2D eigenvalue weighted by Crippen LogP contribution is -2.51. The van der Waals surface area contributed by atoms with Gasteiger partial charge in [0.2, 0.25) is 23.6 Å². The second-order valence-electron chi connectivity index (χ2n) is 10.0. The van der Waals surface area contributed by atoms with Crippen LogP contribution in [0.3, 0.4) is 0 Å². The van der Waals surface area contributed by atoms with E-state index in [1.807, 2.05) is 12.2 Å². The molecule has 1 aromatic carbocycles. The van der Waals surface area contributed by atoms with Crippen molar-refractivity contribution in [1.29, 1.82) is 0 Å². The Hall–Kier alpha value is -2.38. The monoisotopic (exact) mass is 533 g/mol. The fourth-order valence-corrected chi connectivity index (χ4v) is 5.89. The van der Waals surface area contributed by atoms with Crippen LogP contribution in [0.25, 0.3) is 0 Å². The standard InChI is InChI=1S/C27H33Cl2N3O4/c1-17(25(34)30-20-7-3-2-4-8-20)32(16-18-11-12-19(28)15-23(18)29)24(33)13-14-31-26(35)21-9-5-6-10-22(21)27(31)36/h5-6,11-12,15,17,20-22H,2-4,7-10,13-14,16H2,1H3,(H,30,34)/t17-,21-,22+/m1/s1. The molecule has 0 radical (unpaired) electrons. The van der Waals surface area contributed by atoms with E-state index in [2.05, 4.69) is 5.32 Å². The third-order valence-electron chi connectivity index (χ3n) is 7.62. The molecule has 1 saturated heterocycles. The second kappa shape index (κ2) is 11.8. The topological polar surface area (TPSA) is 86.8 Å². The quantitative estimate of drug-likeness (QED) is 0.393. The lowest BCUT2D eigenvalue weighted by atomic mass is 9.85. The van der Waals surface area contributed by atoms with Gasteiger partial charge in [-0.3, -0.25) is 24.1 Å². The summed E-state index contributed by atoms with van der Waals surface area (Å²) < 4.78 is 0. The highest BCUT2D eigenvalue weighted by Gasteiger charge is 2.47. The molecule has 3 aliphatic rings. The summed E-state index contributed by atoms with van der Waals surface area (Å²) in [7, 11) is 0. The number of allylic oxidation sites excluding steroid dienone is 2. The van der Waals surface area contributed by atoms with Crippen LogP contribution < -0.4 is 5.32 Å². The normalized spacial score (nSPS) is 22.9. The van der Waals surface area contributed by atoms with Gasteiger partial charge in [0.1, 0.15) is 6.04 Å². The summed E-state index contributed by atoms with van der Waals surface area (Å²) in [6.45, 7) is 1.82. The van der Waals surface area contributed by atoms with Crippen molar-refractivity contribution >= 4 is 46.8 Å². The van der Waals surface area contributed by atoms with Gasteiger partial charge in [-0.15, -0.1) is 0 Å². The zero-order valence-electron chi connectivity index (χ0n) is 20.6. The van der Waals surface area contributed by atoms with Gasteiger partial charge in [0.05, 0.1) is 11.8 Å². The van der Waals surface area contributed by atoms with E-state index in [9.17, 15) is 19.2 Å². The van der Waals surface area contributed by atoms with Crippen LogP contribution in [-0.2, 0) is 25.7 Å². The van der Waals surface area contributed by atoms with Gasteiger partial charge in [0.25, 0.3) is 0 Å². The molecule has 0 spiro atoms. The lowest BCUT2D eigenvalue weighted by Gasteiger charge is -2.32. The first-order chi connectivity index (χ1) is 17.3. The first kappa shape index (κ1) is 26.7. The first-order valence-corrected chi connectivity index (χ1v) is 13.6. The van der Waals surface area contributed by atoms with Crippen LogP contribution in [0.4, 0.5) is 0 Å². The third-order valence-corrected chi connectivity index (χ3v) is 8.21. The number of hydrogen-bond donors (Lipinski definition) is 1. The van der Waals surface area contributed by atoms with E-state index >= 15 is 0 Å². The number of halogens is 2. The Morgan fingerprint density at radius 1 is 1.06 bits per heavy atom. The van der Waals surface area contributed by atoms with Gasteiger partial charge in [-0.1, -0.05) is 60.7 Å². The van der Waals surface area contributed by atoms with Crippen LogP contribution in [0.2, 0.25) is 10.0 Å². The zero-order chi connectivity index (χ0) is 25.8. The van der Waals surface area contributed by atoms with Crippen molar-refractivity contribution in [3.63, 3.8) is 0 Å². The van der Waals surface area contributed by atoms with E-state index in [1.165, 1.54) is 16.2 Å². The molecule has 1 aliphatic heterocycles. The van der Waals surface area contributed by atoms with Crippen LogP contribution in [0.15, 0.2) is 30.4 Å². The molecule has 4 amide bonds. The van der Waals surface area contributed by atoms with Crippen LogP contribution in [-0.4, -0.2) is 52.1 Å². The number of rotatable bonds is 8. The van der Waals surface area contributed by atoms with Gasteiger partial charge in [-0.2, -0.15) is 0 Å². The maximum absolute atomic E-state index is 13.5. The van der Waals surface area contributed by atoms with Crippen molar-refractivity contribution in [3.05, 3.63) is 46.0 Å². The molecule has 36 heavy (non-hydrogen) atoms. The van der Waals surface area contributed by atoms with Crippen molar-refractivity contribution in [2.75, 3.05) is 6.54 Å². The Bertz CT molecular complexity index is 1030. The van der Waals surface area contributed by atoms with Crippen molar-refractivity contribution in [1.82, 2.24) is 15.1 Å². The maximum atomic E-state index is 13.5. The van der Waals surface area contributed by atoms with Crippen LogP contribution in [0.1, 0.15) is 63.9 Å². The molecule has 1 saturated carbocycles. The predicted octanol–water partition coefficient (Wildman–Crippen LogP) is 4.50. The largest absolute Gasteiger partial charge is 0.352 e. The summed E-state index contributed by atoms with van der Waals surface area (Å²) in [5, 5.41) is 3.98. The van der Waals surface area contributed by atoms with Gasteiger partial charge in [0, 0.05) is 35.6 Å². The van der Waals surface area contributed by atoms with E-state index in [0.29, 0.717) is 28.5 Å². The van der Waals surface area contributed by atoms with Gasteiger partial charge < -0.3 is 10.2 Å². The number of fused-ring (bicyclic) bond motifs is 1. The third kappa shape index (κ3) is 5.94. The van der Waals surface area contributed by atoms with Crippen LogP contribution in [0, 0.1) is 11.8 Å². The van der Waals surface area contributed by atoms with Gasteiger partial charge in [-0.25, -0.2) is 0 Å². The second-order valence-corrected chi connectivity index (χ2v) is 10.9. The number of amides is 4. The molecular weight excluding hydrogens is 501 g/mol. The smallest absolute Gasteiger partial charge is 0.242 e. The minimum Gasteiger partial charge on any atom is -0.352 e. The molecule has 7 nitrogen and oxygen atoms in total. The number of hydrogen-bond acceptors (Lipinski definition) is 4. The highest BCUT2D eigenvalue weighted by molar-refractivity contribution is 6.35. The minimum atomic E-state index is -0.747. The maximum Gasteiger partial charge on any atom is 0.242 e. The van der Waals surface area contributed by atoms with E-state index in [1.54, 1.807) is 25.1 Å². The van der Waals surface area contributed by atoms with Crippen LogP contribution in [0.5, 0.6) is 0 Å². The Labute approximate surface area is 222 Å². The number of nitrogens with zero attached hydrogens (tertiary/aromatic N) is 2. The summed E-state index contributed by atoms with van der Waals surface area (Å²) in [5.41, 5.74) is 0.664. The number of benzene rings is 1. The van der Waals surface area contributed by atoms with E-state index in [-0.39, 0.29) is 61.0 Å². The first-order valence-electron chi connectivity index (χ1n) is 12.8. The molecule has 1 N–H and O–H groups in total. The molecule has 2 aliphatic carbocycles. The molecule has 0 aromatic heterocycles. The van der Waals surface area contributed by atoms with Gasteiger partial charge >= 0.3 is 0 Å². The SMILES string of the molecule is C[C@H](C(=O)NC1CCCCC1)N(Cc1ccc(Cl)cc1Cl)C(=O)CCN1C(=O)[C@H]2CC=CC[C@H]2C1=O. The Morgan fingerprint density at radius 3 is 2.31 bits per heavy atom. The summed E-state index contributed by atoms with van der Waals surface area (Å²) >= 11 is 12.4. The Balaban J connectivity index is 1.46. The average molecular weight is 534 g/mol. The van der Waals surface area contributed by atoms with Crippen molar-refractivity contribution in [2.24, 2.45) is 11.8 Å². The van der Waals surface area contributed by atoms with E-state index < -0.39 is 6.04 Å². The summed E-state index contributed by atoms with van der Waals surface area (Å²) in [4.78, 5) is 54.9. The summed E-state index contributed by atoms with van der Waals surface area (Å²) in [6, 6.07) is 4.40. The molecule has 3 atom stereocenters. The Kier molecular flexibility index (Phi) is 8.73. The molecule has 9 heteroatoms. The molecule has 2 fully saturated rings. The molecule has 194 valence electrons. The zero-order valence-corrected chi connectivity index (χ0v) is 22.1. The molecule has 1 aromatic rings. The number of carbonyl (C=O) groups excluding carboxylic acids is 4. The summed E-state index contributed by atoms with van der Waals surface area (Å²) in [6.07, 6.45) is 10.1. The highest BCUT2D eigenvalue weighted by Crippen LogP contribution is 2.35. The molecule has 0 unspecified atom stereocenters. The number of nitrogens with one attached hydrogen (secondary N) is 1. The van der Waals surface area contributed by atoms with Crippen molar-refractivity contribution < 1.29 is 19.2 Å². The average Bonchev–Trinajstić information content (AvgIpc) is 3.11. The molecule has 4 rings (SSSR count). The van der Waals surface area contributed by atoms with E-state index in [0.717, 1.165) is 25.7 Å². The fraction of sp³-hybridized carbons (Fsp3) is 0.556. The molecule has 0 bridgehead atoms. The van der Waals surface area contributed by atoms with Gasteiger partial charge in [-0.05, 0) is 50.3 Å². The van der Waals surface area contributed by atoms with E-state index in [4.69, 9.17) is 23.2 Å². The predicted molar refractivity (Wildman–Crippen MR) is 138 cm³/mol. The number of likely N-dealkylation sites (tertiary alicyclic amines) is 1.